The lowest BCUT2D eigenvalue weighted by Crippen LogP contribution is -2.34. The minimum Gasteiger partial charge on any atom is -0.497 e. The lowest BCUT2D eigenvalue weighted by molar-refractivity contribution is -0.137. The predicted octanol–water partition coefficient (Wildman–Crippen LogP) is 4.35. The Morgan fingerprint density at radius 2 is 1.61 bits per heavy atom. The first-order valence-electron chi connectivity index (χ1n) is 11.3. The number of benzene rings is 2. The molecule has 0 radical (unpaired) electrons. The van der Waals surface area contributed by atoms with Crippen LogP contribution in [0.2, 0.25) is 0 Å². The number of carbonyl (C=O) groups excluding carboxylic acids is 2. The van der Waals surface area contributed by atoms with Crippen LogP contribution >= 0.6 is 0 Å². The van der Waals surface area contributed by atoms with Crippen LogP contribution in [0.25, 0.3) is 5.57 Å². The Bertz CT molecular complexity index is 981. The monoisotopic (exact) mass is 452 g/mol. The molecule has 176 valence electrons. The van der Waals surface area contributed by atoms with Gasteiger partial charge in [0.25, 0.3) is 11.8 Å². The summed E-state index contributed by atoms with van der Waals surface area (Å²) < 4.78 is 16.3. The summed E-state index contributed by atoms with van der Waals surface area (Å²) in [4.78, 5) is 27.8. The highest BCUT2D eigenvalue weighted by atomic mass is 16.5. The summed E-state index contributed by atoms with van der Waals surface area (Å²) in [5, 5.41) is 3.16. The second kappa shape index (κ2) is 11.5. The molecule has 3 rings (SSSR count). The summed E-state index contributed by atoms with van der Waals surface area (Å²) in [6.07, 6.45) is 0.580. The Morgan fingerprint density at radius 1 is 0.939 bits per heavy atom. The van der Waals surface area contributed by atoms with Crippen LogP contribution in [0.5, 0.6) is 11.5 Å². The van der Waals surface area contributed by atoms with Gasteiger partial charge in [0.05, 0.1) is 19.3 Å². The minimum atomic E-state index is -0.345. The Hall–Kier alpha value is -3.32. The fourth-order valence-corrected chi connectivity index (χ4v) is 3.43. The van der Waals surface area contributed by atoms with Crippen molar-refractivity contribution in [2.45, 2.75) is 27.2 Å². The fourth-order valence-electron chi connectivity index (χ4n) is 3.43. The molecule has 0 bridgehead atoms. The number of nitrogens with zero attached hydrogens (tertiary/aromatic N) is 1. The first-order valence-corrected chi connectivity index (χ1v) is 11.3. The number of anilines is 1. The number of rotatable bonds is 12. The minimum absolute atomic E-state index is 0.262. The molecular weight excluding hydrogens is 420 g/mol. The van der Waals surface area contributed by atoms with E-state index < -0.39 is 0 Å². The lowest BCUT2D eigenvalue weighted by Gasteiger charge is -2.15. The van der Waals surface area contributed by atoms with Gasteiger partial charge in [0.15, 0.2) is 0 Å². The van der Waals surface area contributed by atoms with Crippen LogP contribution in [0.15, 0.2) is 54.2 Å². The van der Waals surface area contributed by atoms with E-state index in [4.69, 9.17) is 14.2 Å². The van der Waals surface area contributed by atoms with Crippen LogP contribution < -0.4 is 14.8 Å². The third kappa shape index (κ3) is 6.14. The summed E-state index contributed by atoms with van der Waals surface area (Å²) >= 11 is 0. The van der Waals surface area contributed by atoms with E-state index >= 15 is 0 Å². The summed E-state index contributed by atoms with van der Waals surface area (Å²) in [7, 11) is 1.59. The van der Waals surface area contributed by atoms with Crippen molar-refractivity contribution in [3.63, 3.8) is 0 Å². The van der Waals surface area contributed by atoms with Gasteiger partial charge in [0.1, 0.15) is 17.2 Å². The molecule has 0 aliphatic carbocycles. The molecule has 33 heavy (non-hydrogen) atoms. The quantitative estimate of drug-likeness (QED) is 0.381. The number of hydrogen-bond acceptors (Lipinski definition) is 6. The van der Waals surface area contributed by atoms with Crippen molar-refractivity contribution >= 4 is 23.1 Å². The van der Waals surface area contributed by atoms with E-state index in [9.17, 15) is 9.59 Å². The highest BCUT2D eigenvalue weighted by Crippen LogP contribution is 2.32. The SMILES string of the molecule is CCOCCCN1C(=O)C(Nc2ccc(OC)cc2)=C(c2ccc(OCC(C)C)cc2)C1=O. The van der Waals surface area contributed by atoms with Gasteiger partial charge in [-0.25, -0.2) is 0 Å². The summed E-state index contributed by atoms with van der Waals surface area (Å²) in [5.74, 6) is 1.18. The first kappa shape index (κ1) is 24.3. The van der Waals surface area contributed by atoms with Gasteiger partial charge < -0.3 is 19.5 Å². The van der Waals surface area contributed by atoms with E-state index in [1.807, 2.05) is 43.3 Å². The second-order valence-electron chi connectivity index (χ2n) is 8.15. The number of hydrogen-bond donors (Lipinski definition) is 1. The Kier molecular flexibility index (Phi) is 8.49. The van der Waals surface area contributed by atoms with Crippen molar-refractivity contribution in [2.24, 2.45) is 5.92 Å². The van der Waals surface area contributed by atoms with Crippen molar-refractivity contribution in [1.29, 1.82) is 0 Å². The average Bonchev–Trinajstić information content (AvgIpc) is 3.05. The molecular formula is C26H32N2O5. The molecule has 2 aromatic rings. The van der Waals surface area contributed by atoms with E-state index in [1.165, 1.54) is 4.90 Å². The second-order valence-corrected chi connectivity index (χ2v) is 8.15. The van der Waals surface area contributed by atoms with Crippen molar-refractivity contribution in [2.75, 3.05) is 38.8 Å². The zero-order valence-electron chi connectivity index (χ0n) is 19.7. The van der Waals surface area contributed by atoms with Crippen LogP contribution in [0, 0.1) is 5.92 Å². The van der Waals surface area contributed by atoms with Gasteiger partial charge in [-0.2, -0.15) is 0 Å². The van der Waals surface area contributed by atoms with Gasteiger partial charge in [-0.15, -0.1) is 0 Å². The molecule has 0 atom stereocenters. The maximum atomic E-state index is 13.3. The molecule has 0 aromatic heterocycles. The van der Waals surface area contributed by atoms with Crippen molar-refractivity contribution in [3.05, 3.63) is 59.8 Å². The molecule has 7 heteroatoms. The van der Waals surface area contributed by atoms with Crippen molar-refractivity contribution in [1.82, 2.24) is 4.90 Å². The van der Waals surface area contributed by atoms with Crippen LogP contribution in [-0.4, -0.2) is 50.2 Å². The van der Waals surface area contributed by atoms with Crippen LogP contribution in [-0.2, 0) is 14.3 Å². The third-order valence-corrected chi connectivity index (χ3v) is 5.13. The van der Waals surface area contributed by atoms with Crippen LogP contribution in [0.1, 0.15) is 32.8 Å². The highest BCUT2D eigenvalue weighted by molar-refractivity contribution is 6.36. The van der Waals surface area contributed by atoms with Gasteiger partial charge >= 0.3 is 0 Å². The summed E-state index contributed by atoms with van der Waals surface area (Å²) in [5.41, 5.74) is 1.96. The fraction of sp³-hybridized carbons (Fsp3) is 0.385. The number of imide groups is 1. The highest BCUT2D eigenvalue weighted by Gasteiger charge is 2.38. The summed E-state index contributed by atoms with van der Waals surface area (Å²) in [6, 6.07) is 14.5. The zero-order chi connectivity index (χ0) is 23.8. The number of nitrogens with one attached hydrogen (secondary N) is 1. The lowest BCUT2D eigenvalue weighted by atomic mass is 10.0. The largest absolute Gasteiger partial charge is 0.497 e. The molecule has 0 saturated heterocycles. The Balaban J connectivity index is 1.88. The molecule has 2 amide bonds. The maximum absolute atomic E-state index is 13.3. The van der Waals surface area contributed by atoms with E-state index in [-0.39, 0.29) is 17.5 Å². The molecule has 0 saturated carbocycles. The van der Waals surface area contributed by atoms with Crippen molar-refractivity contribution in [3.8, 4) is 11.5 Å². The number of amides is 2. The third-order valence-electron chi connectivity index (χ3n) is 5.13. The van der Waals surface area contributed by atoms with Gasteiger partial charge in [-0.3, -0.25) is 14.5 Å². The van der Waals surface area contributed by atoms with Gasteiger partial charge in [0, 0.05) is 25.4 Å². The molecule has 0 fully saturated rings. The maximum Gasteiger partial charge on any atom is 0.278 e. The summed E-state index contributed by atoms with van der Waals surface area (Å²) in [6.45, 7) is 8.07. The van der Waals surface area contributed by atoms with Crippen LogP contribution in [0.4, 0.5) is 5.69 Å². The zero-order valence-corrected chi connectivity index (χ0v) is 19.7. The normalized spacial score (nSPS) is 13.8. The standard InChI is InChI=1S/C26H32N2O5/c1-5-32-16-6-15-28-25(29)23(19-7-11-22(12-8-19)33-17-18(2)3)24(26(28)30)27-20-9-13-21(31-4)14-10-20/h7-14,18,27H,5-6,15-17H2,1-4H3. The Morgan fingerprint density at radius 3 is 2.21 bits per heavy atom. The molecule has 1 N–H and O–H groups in total. The first-order chi connectivity index (χ1) is 15.9. The predicted molar refractivity (Wildman–Crippen MR) is 128 cm³/mol. The molecule has 0 unspecified atom stereocenters. The average molecular weight is 453 g/mol. The van der Waals surface area contributed by atoms with E-state index in [0.717, 1.165) is 5.75 Å². The topological polar surface area (TPSA) is 77.1 Å². The van der Waals surface area contributed by atoms with Crippen molar-refractivity contribution < 1.29 is 23.8 Å². The smallest absolute Gasteiger partial charge is 0.278 e. The number of ether oxygens (including phenoxy) is 3. The molecule has 0 spiro atoms. The number of methoxy groups -OCH3 is 1. The Labute approximate surface area is 195 Å². The molecule has 2 aromatic carbocycles. The molecule has 1 aliphatic heterocycles. The molecule has 1 heterocycles. The van der Waals surface area contributed by atoms with E-state index in [0.29, 0.717) is 61.3 Å². The van der Waals surface area contributed by atoms with Gasteiger partial charge in [-0.1, -0.05) is 26.0 Å². The van der Waals surface area contributed by atoms with Gasteiger partial charge in [-0.05, 0) is 61.2 Å². The molecule has 1 aliphatic rings. The van der Waals surface area contributed by atoms with E-state index in [1.54, 1.807) is 19.2 Å². The van der Waals surface area contributed by atoms with E-state index in [2.05, 4.69) is 19.2 Å². The van der Waals surface area contributed by atoms with Crippen LogP contribution in [0.3, 0.4) is 0 Å². The molecule has 7 nitrogen and oxygen atoms in total. The van der Waals surface area contributed by atoms with Gasteiger partial charge in [0.2, 0.25) is 0 Å². The number of carbonyl (C=O) groups is 2.